The molecule has 0 aliphatic carbocycles. The van der Waals surface area contributed by atoms with E-state index < -0.39 is 16.6 Å². The average molecular weight is 330 g/mol. The Morgan fingerprint density at radius 1 is 1.13 bits per heavy atom. The Labute approximate surface area is 133 Å². The smallest absolute Gasteiger partial charge is 0.287 e. The molecule has 0 saturated carbocycles. The fourth-order valence-corrected chi connectivity index (χ4v) is 3.26. The summed E-state index contributed by atoms with van der Waals surface area (Å²) in [6.45, 7) is 0. The minimum Gasteiger partial charge on any atom is -0.507 e. The zero-order chi connectivity index (χ0) is 16.6. The maximum absolute atomic E-state index is 12.3. The van der Waals surface area contributed by atoms with Gasteiger partial charge in [0, 0.05) is 11.8 Å². The summed E-state index contributed by atoms with van der Waals surface area (Å²) in [6.07, 6.45) is 0. The monoisotopic (exact) mass is 330 g/mol. The van der Waals surface area contributed by atoms with Crippen molar-refractivity contribution in [2.24, 2.45) is 0 Å². The molecule has 2 aromatic carbocycles. The number of phenolic OH excluding ortho intramolecular Hbond substituents is 1. The van der Waals surface area contributed by atoms with Gasteiger partial charge < -0.3 is 15.5 Å². The van der Waals surface area contributed by atoms with E-state index in [0.717, 1.165) is 23.5 Å². The Hall–Kier alpha value is -3.13. The second-order valence-electron chi connectivity index (χ2n) is 4.66. The number of benzene rings is 2. The second kappa shape index (κ2) is 5.58. The molecule has 0 aliphatic rings. The van der Waals surface area contributed by atoms with Crippen molar-refractivity contribution < 1.29 is 19.9 Å². The summed E-state index contributed by atoms with van der Waals surface area (Å²) in [5, 5.41) is 33.6. The van der Waals surface area contributed by atoms with Gasteiger partial charge in [0.15, 0.2) is 5.75 Å². The standard InChI is InChI=1S/C15H10N2O5S/c18-10-7-6-9(17(21)22)13-11(10)12(19)14(23-13)15(20)16-8-4-2-1-3-5-8/h1-7,18-19H,(H,16,20). The van der Waals surface area contributed by atoms with E-state index in [1.165, 1.54) is 0 Å². The second-order valence-corrected chi connectivity index (χ2v) is 5.69. The zero-order valence-corrected chi connectivity index (χ0v) is 12.3. The highest BCUT2D eigenvalue weighted by Crippen LogP contribution is 2.46. The summed E-state index contributed by atoms with van der Waals surface area (Å²) >= 11 is 0.757. The van der Waals surface area contributed by atoms with Gasteiger partial charge in [0.2, 0.25) is 0 Å². The molecule has 3 aromatic rings. The lowest BCUT2D eigenvalue weighted by atomic mass is 10.2. The van der Waals surface area contributed by atoms with Crippen molar-refractivity contribution in [2.75, 3.05) is 5.32 Å². The van der Waals surface area contributed by atoms with Crippen LogP contribution in [-0.4, -0.2) is 21.0 Å². The molecule has 0 unspecified atom stereocenters. The Morgan fingerprint density at radius 2 is 1.83 bits per heavy atom. The molecule has 1 aromatic heterocycles. The Balaban J connectivity index is 2.10. The number of carbonyl (C=O) groups excluding carboxylic acids is 1. The minimum absolute atomic E-state index is 0.0470. The van der Waals surface area contributed by atoms with Crippen molar-refractivity contribution in [2.45, 2.75) is 0 Å². The van der Waals surface area contributed by atoms with Gasteiger partial charge >= 0.3 is 0 Å². The third-order valence-electron chi connectivity index (χ3n) is 3.21. The molecule has 0 bridgehead atoms. The molecule has 7 nitrogen and oxygen atoms in total. The number of amides is 1. The number of nitrogens with one attached hydrogen (secondary N) is 1. The number of nitro benzene ring substituents is 1. The van der Waals surface area contributed by atoms with E-state index in [1.807, 2.05) is 0 Å². The van der Waals surface area contributed by atoms with Crippen molar-refractivity contribution in [3.05, 3.63) is 57.5 Å². The lowest BCUT2D eigenvalue weighted by Gasteiger charge is -2.03. The quantitative estimate of drug-likeness (QED) is 0.503. The van der Waals surface area contributed by atoms with E-state index in [2.05, 4.69) is 5.32 Å². The van der Waals surface area contributed by atoms with E-state index >= 15 is 0 Å². The van der Waals surface area contributed by atoms with Crippen LogP contribution in [0.1, 0.15) is 9.67 Å². The molecule has 0 spiro atoms. The molecule has 1 amide bonds. The number of rotatable bonds is 3. The molecule has 0 radical (unpaired) electrons. The third kappa shape index (κ3) is 2.55. The van der Waals surface area contributed by atoms with Crippen LogP contribution in [0.4, 0.5) is 11.4 Å². The zero-order valence-electron chi connectivity index (χ0n) is 11.5. The van der Waals surface area contributed by atoms with E-state index in [0.29, 0.717) is 5.69 Å². The van der Waals surface area contributed by atoms with Crippen LogP contribution < -0.4 is 5.32 Å². The highest BCUT2D eigenvalue weighted by molar-refractivity contribution is 7.22. The number of aromatic hydroxyl groups is 2. The summed E-state index contributed by atoms with van der Waals surface area (Å²) in [5.41, 5.74) is 0.241. The number of fused-ring (bicyclic) bond motifs is 1. The van der Waals surface area contributed by atoms with Crippen LogP contribution in [-0.2, 0) is 0 Å². The molecule has 0 atom stereocenters. The molecule has 3 N–H and O–H groups in total. The van der Waals surface area contributed by atoms with Crippen LogP contribution in [0.2, 0.25) is 0 Å². The fraction of sp³-hybridized carbons (Fsp3) is 0. The first-order valence-electron chi connectivity index (χ1n) is 6.47. The maximum Gasteiger partial charge on any atom is 0.287 e. The highest BCUT2D eigenvalue weighted by Gasteiger charge is 2.26. The molecular formula is C15H10N2O5S. The van der Waals surface area contributed by atoms with Crippen molar-refractivity contribution in [3.8, 4) is 11.5 Å². The summed E-state index contributed by atoms with van der Waals surface area (Å²) in [4.78, 5) is 22.6. The molecule has 0 aliphatic heterocycles. The normalized spacial score (nSPS) is 10.6. The van der Waals surface area contributed by atoms with Gasteiger partial charge in [-0.05, 0) is 18.2 Å². The van der Waals surface area contributed by atoms with Crippen LogP contribution >= 0.6 is 11.3 Å². The van der Waals surface area contributed by atoms with Crippen molar-refractivity contribution in [1.82, 2.24) is 0 Å². The molecule has 116 valence electrons. The third-order valence-corrected chi connectivity index (χ3v) is 4.41. The summed E-state index contributed by atoms with van der Waals surface area (Å²) < 4.78 is 0.0470. The van der Waals surface area contributed by atoms with Crippen molar-refractivity contribution in [3.63, 3.8) is 0 Å². The van der Waals surface area contributed by atoms with Crippen molar-refractivity contribution >= 4 is 38.7 Å². The van der Waals surface area contributed by atoms with Crippen LogP contribution in [0.25, 0.3) is 10.1 Å². The maximum atomic E-state index is 12.3. The topological polar surface area (TPSA) is 113 Å². The number of carbonyl (C=O) groups is 1. The van der Waals surface area contributed by atoms with E-state index in [-0.39, 0.29) is 26.4 Å². The van der Waals surface area contributed by atoms with Gasteiger partial charge in [0.1, 0.15) is 15.3 Å². The number of nitrogens with zero attached hydrogens (tertiary/aromatic N) is 1. The summed E-state index contributed by atoms with van der Waals surface area (Å²) in [5.74, 6) is -1.40. The van der Waals surface area contributed by atoms with E-state index in [1.54, 1.807) is 30.3 Å². The van der Waals surface area contributed by atoms with E-state index in [4.69, 9.17) is 0 Å². The minimum atomic E-state index is -0.628. The summed E-state index contributed by atoms with van der Waals surface area (Å²) in [7, 11) is 0. The largest absolute Gasteiger partial charge is 0.507 e. The highest BCUT2D eigenvalue weighted by atomic mass is 32.1. The fourth-order valence-electron chi connectivity index (χ4n) is 2.16. The van der Waals surface area contributed by atoms with Gasteiger partial charge in [-0.3, -0.25) is 14.9 Å². The predicted molar refractivity (Wildman–Crippen MR) is 86.2 cm³/mol. The van der Waals surface area contributed by atoms with E-state index in [9.17, 15) is 25.1 Å². The first-order valence-corrected chi connectivity index (χ1v) is 7.29. The Morgan fingerprint density at radius 3 is 2.48 bits per heavy atom. The van der Waals surface area contributed by atoms with Crippen LogP contribution in [0.5, 0.6) is 11.5 Å². The molecule has 23 heavy (non-hydrogen) atoms. The first kappa shape index (κ1) is 14.8. The number of phenols is 1. The number of hydrogen-bond acceptors (Lipinski definition) is 6. The number of thiophene rings is 1. The summed E-state index contributed by atoms with van der Waals surface area (Å²) in [6, 6.07) is 10.8. The predicted octanol–water partition coefficient (Wildman–Crippen LogP) is 3.47. The van der Waals surface area contributed by atoms with Gasteiger partial charge in [0.25, 0.3) is 11.6 Å². The Kier molecular flexibility index (Phi) is 3.59. The van der Waals surface area contributed by atoms with Gasteiger partial charge in [-0.15, -0.1) is 11.3 Å². The van der Waals surface area contributed by atoms with Gasteiger partial charge in [-0.2, -0.15) is 0 Å². The van der Waals surface area contributed by atoms with Crippen LogP contribution in [0.15, 0.2) is 42.5 Å². The molecular weight excluding hydrogens is 320 g/mol. The molecule has 8 heteroatoms. The molecule has 1 heterocycles. The molecule has 3 rings (SSSR count). The van der Waals surface area contributed by atoms with Gasteiger partial charge in [-0.25, -0.2) is 0 Å². The van der Waals surface area contributed by atoms with Gasteiger partial charge in [-0.1, -0.05) is 18.2 Å². The first-order chi connectivity index (χ1) is 11.0. The lowest BCUT2D eigenvalue weighted by Crippen LogP contribution is -2.10. The van der Waals surface area contributed by atoms with Crippen LogP contribution in [0, 0.1) is 10.1 Å². The number of hydrogen-bond donors (Lipinski definition) is 3. The number of para-hydroxylation sites is 1. The number of anilines is 1. The van der Waals surface area contributed by atoms with Crippen molar-refractivity contribution in [1.29, 1.82) is 0 Å². The number of non-ortho nitro benzene ring substituents is 1. The SMILES string of the molecule is O=C(Nc1ccccc1)c1sc2c([N+](=O)[O-])ccc(O)c2c1O. The lowest BCUT2D eigenvalue weighted by molar-refractivity contribution is -0.382. The average Bonchev–Trinajstić information content (AvgIpc) is 2.87. The van der Waals surface area contributed by atoms with Crippen LogP contribution in [0.3, 0.4) is 0 Å². The molecule has 0 fully saturated rings. The van der Waals surface area contributed by atoms with Gasteiger partial charge in [0.05, 0.1) is 10.3 Å². The molecule has 0 saturated heterocycles. The number of nitro groups is 1. The Bertz CT molecular complexity index is 921.